The molecule has 3 aliphatic rings. The SMILES string of the molecule is CC1(C)CCOc2c(C(=O)NC(CO)CN3C(N)=NC(CNC(=O)c4cc(F)cc(F)c4)C4N=C(N)N[C@@]43CO)cccc21. The first-order valence-electron chi connectivity index (χ1n) is 14.1. The first-order valence-corrected chi connectivity index (χ1v) is 14.1. The third kappa shape index (κ3) is 5.71. The number of nitrogens with two attached hydrogens (primary N) is 2. The second-order valence-electron chi connectivity index (χ2n) is 11.7. The van der Waals surface area contributed by atoms with E-state index in [9.17, 15) is 28.6 Å². The van der Waals surface area contributed by atoms with Crippen LogP contribution in [0, 0.1) is 11.6 Å². The topological polar surface area (TPSA) is 200 Å². The van der Waals surface area contributed by atoms with Gasteiger partial charge in [-0.15, -0.1) is 0 Å². The smallest absolute Gasteiger partial charge is 0.255 e. The molecule has 44 heavy (non-hydrogen) atoms. The van der Waals surface area contributed by atoms with Gasteiger partial charge in [0.25, 0.3) is 11.8 Å². The number of ether oxygens (including phenoxy) is 1. The van der Waals surface area contributed by atoms with Crippen molar-refractivity contribution in [3.63, 3.8) is 0 Å². The van der Waals surface area contributed by atoms with Gasteiger partial charge in [-0.05, 0) is 30.0 Å². The van der Waals surface area contributed by atoms with Crippen molar-refractivity contribution in [3.8, 4) is 5.75 Å². The minimum Gasteiger partial charge on any atom is -0.492 e. The molecular weight excluding hydrogens is 578 g/mol. The fourth-order valence-corrected chi connectivity index (χ4v) is 5.93. The Labute approximate surface area is 252 Å². The number of halogens is 2. The monoisotopic (exact) mass is 614 g/mol. The summed E-state index contributed by atoms with van der Waals surface area (Å²) in [5.41, 5.74) is 11.8. The molecule has 0 saturated carbocycles. The van der Waals surface area contributed by atoms with Gasteiger partial charge in [-0.3, -0.25) is 9.59 Å². The first-order chi connectivity index (χ1) is 20.9. The van der Waals surface area contributed by atoms with E-state index in [-0.39, 0.29) is 36.0 Å². The summed E-state index contributed by atoms with van der Waals surface area (Å²) in [6, 6.07) is 5.20. The van der Waals surface area contributed by atoms with Crippen molar-refractivity contribution in [1.82, 2.24) is 20.9 Å². The van der Waals surface area contributed by atoms with Gasteiger partial charge in [0.05, 0.1) is 37.5 Å². The molecule has 2 amide bonds. The Bertz CT molecular complexity index is 1500. The maximum Gasteiger partial charge on any atom is 0.255 e. The molecule has 15 heteroatoms. The summed E-state index contributed by atoms with van der Waals surface area (Å²) in [5, 5.41) is 29.2. The Kier molecular flexibility index (Phi) is 8.36. The summed E-state index contributed by atoms with van der Waals surface area (Å²) in [5.74, 6) is -2.65. The van der Waals surface area contributed by atoms with E-state index in [1.165, 1.54) is 4.90 Å². The van der Waals surface area contributed by atoms with E-state index in [1.54, 1.807) is 12.1 Å². The van der Waals surface area contributed by atoms with Crippen LogP contribution in [0.25, 0.3) is 0 Å². The minimum atomic E-state index is -1.44. The van der Waals surface area contributed by atoms with Gasteiger partial charge in [0.1, 0.15) is 23.4 Å². The van der Waals surface area contributed by atoms with E-state index in [0.29, 0.717) is 24.0 Å². The van der Waals surface area contributed by atoms with E-state index in [4.69, 9.17) is 16.2 Å². The lowest BCUT2D eigenvalue weighted by Gasteiger charge is -2.49. The minimum absolute atomic E-state index is 0.0252. The summed E-state index contributed by atoms with van der Waals surface area (Å²) in [6.07, 6.45) is 0.800. The predicted molar refractivity (Wildman–Crippen MR) is 157 cm³/mol. The van der Waals surface area contributed by atoms with E-state index in [2.05, 4.69) is 39.8 Å². The predicted octanol–water partition coefficient (Wildman–Crippen LogP) is -0.480. The standard InChI is InChI=1S/C29H36F2N8O5/c1-28(2)6-7-44-22-19(4-3-5-20(22)28)25(43)35-18(13-40)12-39-27(33)36-21(23-29(39,14-41)38-26(32)37-23)11-34-24(42)15-8-16(30)10-17(31)9-15/h3-5,8-10,18,21,23,40-41H,6-7,11-14H2,1-2H3,(H2,33,36)(H,34,42)(H,35,43)(H3,32,37,38)/t18?,21?,23?,29-/m1/s1. The van der Waals surface area contributed by atoms with Crippen LogP contribution in [-0.2, 0) is 5.41 Å². The highest BCUT2D eigenvalue weighted by molar-refractivity contribution is 5.98. The van der Waals surface area contributed by atoms with Crippen molar-refractivity contribution in [1.29, 1.82) is 0 Å². The van der Waals surface area contributed by atoms with E-state index >= 15 is 0 Å². The number of carbonyl (C=O) groups is 2. The molecule has 2 aromatic carbocycles. The van der Waals surface area contributed by atoms with Gasteiger partial charge in [-0.2, -0.15) is 0 Å². The summed E-state index contributed by atoms with van der Waals surface area (Å²) in [6.45, 7) is 3.31. The lowest BCUT2D eigenvalue weighted by molar-refractivity contribution is 0.0269. The third-order valence-corrected chi connectivity index (χ3v) is 8.29. The third-order valence-electron chi connectivity index (χ3n) is 8.29. The van der Waals surface area contributed by atoms with Gasteiger partial charge in [0, 0.05) is 30.3 Å². The van der Waals surface area contributed by atoms with Crippen LogP contribution in [0.15, 0.2) is 46.4 Å². The molecule has 5 rings (SSSR count). The average molecular weight is 615 g/mol. The highest BCUT2D eigenvalue weighted by Crippen LogP contribution is 2.40. The second kappa shape index (κ2) is 11.9. The molecule has 0 spiro atoms. The Balaban J connectivity index is 1.35. The molecule has 0 radical (unpaired) electrons. The zero-order valence-electron chi connectivity index (χ0n) is 24.3. The van der Waals surface area contributed by atoms with Gasteiger partial charge in [-0.1, -0.05) is 26.0 Å². The zero-order chi connectivity index (χ0) is 31.8. The van der Waals surface area contributed by atoms with Crippen molar-refractivity contribution in [2.45, 2.75) is 49.5 Å². The molecule has 3 heterocycles. The lowest BCUT2D eigenvalue weighted by atomic mass is 9.79. The number of para-hydroxylation sites is 1. The quantitative estimate of drug-likeness (QED) is 0.195. The number of nitrogens with zero attached hydrogens (tertiary/aromatic N) is 3. The average Bonchev–Trinajstić information content (AvgIpc) is 3.33. The molecule has 0 fully saturated rings. The number of hydrogen-bond acceptors (Lipinski definition) is 11. The number of aliphatic hydroxyl groups excluding tert-OH is 2. The van der Waals surface area contributed by atoms with E-state index in [1.807, 2.05) is 6.07 Å². The Morgan fingerprint density at radius 3 is 2.57 bits per heavy atom. The lowest BCUT2D eigenvalue weighted by Crippen LogP contribution is -2.75. The Morgan fingerprint density at radius 2 is 1.89 bits per heavy atom. The zero-order valence-corrected chi connectivity index (χ0v) is 24.3. The van der Waals surface area contributed by atoms with Crippen LogP contribution < -0.4 is 32.2 Å². The van der Waals surface area contributed by atoms with Crippen molar-refractivity contribution < 1.29 is 33.3 Å². The largest absolute Gasteiger partial charge is 0.492 e. The number of guanidine groups is 2. The van der Waals surface area contributed by atoms with Crippen molar-refractivity contribution in [3.05, 3.63) is 64.7 Å². The maximum absolute atomic E-state index is 13.6. The molecule has 0 aliphatic carbocycles. The highest BCUT2D eigenvalue weighted by atomic mass is 19.1. The van der Waals surface area contributed by atoms with Gasteiger partial charge >= 0.3 is 0 Å². The Hall–Kier alpha value is -4.50. The highest BCUT2D eigenvalue weighted by Gasteiger charge is 2.55. The molecule has 236 valence electrons. The van der Waals surface area contributed by atoms with Gasteiger partial charge < -0.3 is 47.3 Å². The molecule has 3 unspecified atom stereocenters. The second-order valence-corrected chi connectivity index (χ2v) is 11.7. The first kappa shape index (κ1) is 30.9. The Morgan fingerprint density at radius 1 is 1.16 bits per heavy atom. The summed E-state index contributed by atoms with van der Waals surface area (Å²) >= 11 is 0. The molecule has 0 saturated heterocycles. The molecule has 0 aromatic heterocycles. The summed E-state index contributed by atoms with van der Waals surface area (Å²) in [4.78, 5) is 36.4. The molecule has 0 bridgehead atoms. The van der Waals surface area contributed by atoms with Crippen LogP contribution in [0.4, 0.5) is 8.78 Å². The number of aliphatic imine (C=N–C) groups is 2. The number of nitrogens with one attached hydrogen (secondary N) is 3. The molecule has 2 aromatic rings. The van der Waals surface area contributed by atoms with Crippen molar-refractivity contribution in [2.24, 2.45) is 21.5 Å². The van der Waals surface area contributed by atoms with Crippen LogP contribution in [0.1, 0.15) is 46.5 Å². The maximum atomic E-state index is 13.6. The van der Waals surface area contributed by atoms with Gasteiger partial charge in [0.15, 0.2) is 17.6 Å². The fraction of sp³-hybridized carbons (Fsp3) is 0.448. The number of amides is 2. The molecule has 4 atom stereocenters. The molecule has 9 N–H and O–H groups in total. The molecule has 13 nitrogen and oxygen atoms in total. The normalized spacial score (nSPS) is 24.1. The number of carbonyl (C=O) groups excluding carboxylic acids is 2. The summed E-state index contributed by atoms with van der Waals surface area (Å²) in [7, 11) is 0. The number of benzene rings is 2. The van der Waals surface area contributed by atoms with Crippen molar-refractivity contribution in [2.75, 3.05) is 32.9 Å². The van der Waals surface area contributed by atoms with Crippen LogP contribution in [0.3, 0.4) is 0 Å². The van der Waals surface area contributed by atoms with Crippen LogP contribution in [-0.4, -0.2) is 95.5 Å². The van der Waals surface area contributed by atoms with Gasteiger partial charge in [-0.25, -0.2) is 18.8 Å². The summed E-state index contributed by atoms with van der Waals surface area (Å²) < 4.78 is 33.1. The molecule has 3 aliphatic heterocycles. The van der Waals surface area contributed by atoms with Crippen molar-refractivity contribution >= 4 is 23.7 Å². The fourth-order valence-electron chi connectivity index (χ4n) is 5.93. The van der Waals surface area contributed by atoms with E-state index < -0.39 is 60.5 Å². The van der Waals surface area contributed by atoms with E-state index in [0.717, 1.165) is 24.1 Å². The number of rotatable bonds is 9. The number of fused-ring (bicyclic) bond motifs is 2. The van der Waals surface area contributed by atoms with Gasteiger partial charge in [0.2, 0.25) is 0 Å². The molecular formula is C29H36F2N8O5. The van der Waals surface area contributed by atoms with Crippen LogP contribution >= 0.6 is 0 Å². The van der Waals surface area contributed by atoms with Crippen LogP contribution in [0.5, 0.6) is 5.75 Å². The number of hydrogen-bond donors (Lipinski definition) is 7. The van der Waals surface area contributed by atoms with Crippen LogP contribution in [0.2, 0.25) is 0 Å². The number of aliphatic hydroxyl groups is 2.